The molecule has 0 radical (unpaired) electrons. The van der Waals surface area contributed by atoms with Gasteiger partial charge in [0.25, 0.3) is 0 Å². The molecule has 1 aliphatic carbocycles. The van der Waals surface area contributed by atoms with Crippen LogP contribution in [0.15, 0.2) is 36.7 Å². The number of hydrogen-bond acceptors (Lipinski definition) is 4. The normalized spacial score (nSPS) is 21.9. The molecule has 0 spiro atoms. The highest BCUT2D eigenvalue weighted by atomic mass is 16.3. The highest BCUT2D eigenvalue weighted by Crippen LogP contribution is 2.26. The van der Waals surface area contributed by atoms with E-state index in [2.05, 4.69) is 15.5 Å². The first-order chi connectivity index (χ1) is 9.74. The van der Waals surface area contributed by atoms with Crippen LogP contribution in [0.4, 0.5) is 5.69 Å². The van der Waals surface area contributed by atoms with Gasteiger partial charge >= 0.3 is 0 Å². The molecule has 104 valence electrons. The van der Waals surface area contributed by atoms with Gasteiger partial charge in [0.2, 0.25) is 5.91 Å². The van der Waals surface area contributed by atoms with E-state index < -0.39 is 6.10 Å². The lowest BCUT2D eigenvalue weighted by atomic mass is 10.1. The van der Waals surface area contributed by atoms with Crippen LogP contribution in [-0.2, 0) is 4.79 Å². The third kappa shape index (κ3) is 2.55. The van der Waals surface area contributed by atoms with Crippen LogP contribution in [0.1, 0.15) is 19.3 Å². The molecule has 1 aliphatic rings. The summed E-state index contributed by atoms with van der Waals surface area (Å²) >= 11 is 0. The standard InChI is InChI=1S/C14H16N4O2/c19-13-3-1-2-12(13)14(20)17-10-4-6-11(7-5-10)18-15-8-9-16-18/h4-9,12-13,19H,1-3H2,(H,17,20). The summed E-state index contributed by atoms with van der Waals surface area (Å²) in [5.41, 5.74) is 1.54. The third-order valence-electron chi connectivity index (χ3n) is 3.60. The van der Waals surface area contributed by atoms with Crippen LogP contribution in [0.3, 0.4) is 0 Å². The van der Waals surface area contributed by atoms with Crippen LogP contribution in [-0.4, -0.2) is 32.1 Å². The lowest BCUT2D eigenvalue weighted by Gasteiger charge is -2.14. The molecule has 20 heavy (non-hydrogen) atoms. The van der Waals surface area contributed by atoms with Gasteiger partial charge in [0, 0.05) is 5.69 Å². The molecule has 2 unspecified atom stereocenters. The minimum Gasteiger partial charge on any atom is -0.392 e. The van der Waals surface area contributed by atoms with Crippen molar-refractivity contribution in [3.05, 3.63) is 36.7 Å². The summed E-state index contributed by atoms with van der Waals surface area (Å²) in [6, 6.07) is 7.28. The Morgan fingerprint density at radius 1 is 1.20 bits per heavy atom. The lowest BCUT2D eigenvalue weighted by Crippen LogP contribution is -2.28. The monoisotopic (exact) mass is 272 g/mol. The van der Waals surface area contributed by atoms with Crippen molar-refractivity contribution in [2.24, 2.45) is 5.92 Å². The van der Waals surface area contributed by atoms with Crippen molar-refractivity contribution in [3.63, 3.8) is 0 Å². The summed E-state index contributed by atoms with van der Waals surface area (Å²) < 4.78 is 0. The number of aliphatic hydroxyl groups excluding tert-OH is 1. The first-order valence-electron chi connectivity index (χ1n) is 6.70. The molecule has 0 saturated heterocycles. The Labute approximate surface area is 116 Å². The Kier molecular flexibility index (Phi) is 3.47. The number of benzene rings is 1. The molecule has 1 amide bonds. The second kappa shape index (κ2) is 5.42. The highest BCUT2D eigenvalue weighted by Gasteiger charge is 2.31. The van der Waals surface area contributed by atoms with E-state index in [4.69, 9.17) is 0 Å². The van der Waals surface area contributed by atoms with E-state index in [1.807, 2.05) is 12.1 Å². The summed E-state index contributed by atoms with van der Waals surface area (Å²) in [6.07, 6.45) is 5.07. The average molecular weight is 272 g/mol. The number of nitrogens with zero attached hydrogens (tertiary/aromatic N) is 3. The number of carbonyl (C=O) groups is 1. The van der Waals surface area contributed by atoms with E-state index in [-0.39, 0.29) is 11.8 Å². The van der Waals surface area contributed by atoms with Gasteiger partial charge in [-0.05, 0) is 43.5 Å². The summed E-state index contributed by atoms with van der Waals surface area (Å²) in [7, 11) is 0. The van der Waals surface area contributed by atoms with Gasteiger partial charge in [-0.15, -0.1) is 0 Å². The molecule has 3 rings (SSSR count). The first-order valence-corrected chi connectivity index (χ1v) is 6.70. The van der Waals surface area contributed by atoms with Crippen molar-refractivity contribution in [1.82, 2.24) is 15.0 Å². The maximum Gasteiger partial charge on any atom is 0.230 e. The van der Waals surface area contributed by atoms with Crippen LogP contribution in [0.5, 0.6) is 0 Å². The molecule has 1 fully saturated rings. The average Bonchev–Trinajstić information content (AvgIpc) is 3.10. The van der Waals surface area contributed by atoms with E-state index in [0.29, 0.717) is 12.1 Å². The fourth-order valence-electron chi connectivity index (χ4n) is 2.51. The van der Waals surface area contributed by atoms with Gasteiger partial charge in [0.15, 0.2) is 0 Å². The van der Waals surface area contributed by atoms with Gasteiger partial charge < -0.3 is 10.4 Å². The van der Waals surface area contributed by atoms with Gasteiger partial charge in [-0.2, -0.15) is 15.0 Å². The molecule has 2 atom stereocenters. The molecule has 1 heterocycles. The summed E-state index contributed by atoms with van der Waals surface area (Å²) in [4.78, 5) is 13.5. The SMILES string of the molecule is O=C(Nc1ccc(-n2nccn2)cc1)C1CCCC1O. The fourth-order valence-corrected chi connectivity index (χ4v) is 2.51. The number of nitrogens with one attached hydrogen (secondary N) is 1. The van der Waals surface area contributed by atoms with Crippen molar-refractivity contribution >= 4 is 11.6 Å². The zero-order valence-corrected chi connectivity index (χ0v) is 10.9. The van der Waals surface area contributed by atoms with Crippen LogP contribution < -0.4 is 5.32 Å². The molecule has 2 aromatic rings. The van der Waals surface area contributed by atoms with Crippen LogP contribution in [0.2, 0.25) is 0 Å². The van der Waals surface area contributed by atoms with Crippen LogP contribution in [0.25, 0.3) is 5.69 Å². The predicted octanol–water partition coefficient (Wildman–Crippen LogP) is 1.37. The minimum atomic E-state index is -0.512. The van der Waals surface area contributed by atoms with Gasteiger partial charge in [0.05, 0.1) is 30.1 Å². The van der Waals surface area contributed by atoms with E-state index in [9.17, 15) is 9.90 Å². The number of aliphatic hydroxyl groups is 1. The van der Waals surface area contributed by atoms with Crippen molar-refractivity contribution in [1.29, 1.82) is 0 Å². The Bertz CT molecular complexity index is 580. The number of rotatable bonds is 3. The van der Waals surface area contributed by atoms with E-state index in [1.165, 1.54) is 4.80 Å². The molecule has 0 bridgehead atoms. The Balaban J connectivity index is 1.68. The molecule has 6 nitrogen and oxygen atoms in total. The van der Waals surface area contributed by atoms with E-state index in [1.54, 1.807) is 24.5 Å². The van der Waals surface area contributed by atoms with Gasteiger partial charge in [0.1, 0.15) is 0 Å². The third-order valence-corrected chi connectivity index (χ3v) is 3.60. The number of anilines is 1. The first kappa shape index (κ1) is 12.8. The molecule has 1 aromatic carbocycles. The topological polar surface area (TPSA) is 80.0 Å². The lowest BCUT2D eigenvalue weighted by molar-refractivity contribution is -0.122. The van der Waals surface area contributed by atoms with Crippen LogP contribution in [0, 0.1) is 5.92 Å². The second-order valence-electron chi connectivity index (χ2n) is 4.96. The molecular formula is C14H16N4O2. The van der Waals surface area contributed by atoms with Gasteiger partial charge in [-0.3, -0.25) is 4.79 Å². The summed E-state index contributed by atoms with van der Waals surface area (Å²) in [5.74, 6) is -0.401. The van der Waals surface area contributed by atoms with Crippen molar-refractivity contribution in [2.45, 2.75) is 25.4 Å². The maximum absolute atomic E-state index is 12.0. The highest BCUT2D eigenvalue weighted by molar-refractivity contribution is 5.93. The zero-order chi connectivity index (χ0) is 13.9. The van der Waals surface area contributed by atoms with Crippen molar-refractivity contribution in [2.75, 3.05) is 5.32 Å². The zero-order valence-electron chi connectivity index (χ0n) is 10.9. The van der Waals surface area contributed by atoms with Crippen LogP contribution >= 0.6 is 0 Å². The van der Waals surface area contributed by atoms with E-state index in [0.717, 1.165) is 18.5 Å². The van der Waals surface area contributed by atoms with Gasteiger partial charge in [-0.25, -0.2) is 0 Å². The molecule has 2 N–H and O–H groups in total. The number of amides is 1. The smallest absolute Gasteiger partial charge is 0.230 e. The number of aromatic nitrogens is 3. The maximum atomic E-state index is 12.0. The van der Waals surface area contributed by atoms with Gasteiger partial charge in [-0.1, -0.05) is 0 Å². The fraction of sp³-hybridized carbons (Fsp3) is 0.357. The largest absolute Gasteiger partial charge is 0.392 e. The Hall–Kier alpha value is -2.21. The molecule has 6 heteroatoms. The summed E-state index contributed by atoms with van der Waals surface area (Å²) in [6.45, 7) is 0. The minimum absolute atomic E-state index is 0.111. The second-order valence-corrected chi connectivity index (χ2v) is 4.96. The summed E-state index contributed by atoms with van der Waals surface area (Å²) in [5, 5.41) is 20.6. The predicted molar refractivity (Wildman–Crippen MR) is 73.3 cm³/mol. The Morgan fingerprint density at radius 2 is 1.90 bits per heavy atom. The van der Waals surface area contributed by atoms with Crippen molar-refractivity contribution in [3.8, 4) is 5.69 Å². The quantitative estimate of drug-likeness (QED) is 0.884. The number of carbonyl (C=O) groups excluding carboxylic acids is 1. The molecular weight excluding hydrogens is 256 g/mol. The molecule has 0 aliphatic heterocycles. The van der Waals surface area contributed by atoms with Crippen molar-refractivity contribution < 1.29 is 9.90 Å². The number of hydrogen-bond donors (Lipinski definition) is 2. The molecule has 1 aromatic heterocycles. The Morgan fingerprint density at radius 3 is 2.50 bits per heavy atom. The van der Waals surface area contributed by atoms with E-state index >= 15 is 0 Å². The molecule has 1 saturated carbocycles.